The van der Waals surface area contributed by atoms with Crippen LogP contribution in [-0.4, -0.2) is 23.9 Å². The molecule has 7 nitrogen and oxygen atoms in total. The van der Waals surface area contributed by atoms with Crippen molar-refractivity contribution in [2.75, 3.05) is 6.61 Å². The summed E-state index contributed by atoms with van der Waals surface area (Å²) in [6.45, 7) is -0.308. The van der Waals surface area contributed by atoms with Crippen molar-refractivity contribution in [3.63, 3.8) is 0 Å². The maximum Gasteiger partial charge on any atom is 0.277 e. The lowest BCUT2D eigenvalue weighted by Gasteiger charge is -2.11. The molecule has 1 N–H and O–H groups in total. The van der Waals surface area contributed by atoms with Crippen LogP contribution in [0, 0.1) is 0 Å². The van der Waals surface area contributed by atoms with E-state index in [1.54, 1.807) is 24.3 Å². The Hall–Kier alpha value is -2.77. The number of halogens is 2. The van der Waals surface area contributed by atoms with Gasteiger partial charge in [0.1, 0.15) is 11.5 Å². The number of ether oxygens (including phenoxy) is 1. The van der Waals surface area contributed by atoms with Crippen LogP contribution in [0.3, 0.4) is 0 Å². The van der Waals surface area contributed by atoms with E-state index in [2.05, 4.69) is 15.7 Å². The van der Waals surface area contributed by atoms with Gasteiger partial charge in [-0.15, -0.1) is 0 Å². The highest BCUT2D eigenvalue weighted by Crippen LogP contribution is 2.38. The van der Waals surface area contributed by atoms with Crippen molar-refractivity contribution < 1.29 is 18.5 Å². The molecule has 0 spiro atoms. The summed E-state index contributed by atoms with van der Waals surface area (Å²) in [6.07, 6.45) is 4.34. The van der Waals surface area contributed by atoms with Gasteiger partial charge < -0.3 is 13.7 Å². The van der Waals surface area contributed by atoms with Gasteiger partial charge in [0.15, 0.2) is 12.4 Å². The number of benzene rings is 1. The molecule has 9 heteroatoms. The van der Waals surface area contributed by atoms with Gasteiger partial charge in [-0.05, 0) is 24.3 Å². The number of hydrazone groups is 1. The molecule has 1 amide bonds. The molecule has 0 saturated carbocycles. The Labute approximate surface area is 152 Å². The minimum Gasteiger partial charge on any atom is -0.481 e. The Kier molecular flexibility index (Phi) is 5.37. The number of amides is 1. The number of furan rings is 1. The van der Waals surface area contributed by atoms with Crippen molar-refractivity contribution in [1.29, 1.82) is 0 Å². The van der Waals surface area contributed by atoms with E-state index in [1.807, 2.05) is 0 Å². The number of aromatic nitrogens is 1. The molecular weight excluding hydrogens is 369 g/mol. The molecule has 0 unspecified atom stereocenters. The average molecular weight is 380 g/mol. The Balaban J connectivity index is 1.67. The van der Waals surface area contributed by atoms with Gasteiger partial charge in [-0.25, -0.2) is 5.43 Å². The molecule has 0 fully saturated rings. The zero-order valence-electron chi connectivity index (χ0n) is 12.6. The maximum atomic E-state index is 11.8. The van der Waals surface area contributed by atoms with Gasteiger partial charge in [-0.1, -0.05) is 28.4 Å². The van der Waals surface area contributed by atoms with Gasteiger partial charge in [-0.3, -0.25) is 4.79 Å². The van der Waals surface area contributed by atoms with Gasteiger partial charge in [0.25, 0.3) is 5.91 Å². The topological polar surface area (TPSA) is 89.9 Å². The number of carbonyl (C=O) groups is 1. The van der Waals surface area contributed by atoms with Crippen molar-refractivity contribution in [3.05, 3.63) is 58.6 Å². The first kappa shape index (κ1) is 17.1. The lowest BCUT2D eigenvalue weighted by Crippen LogP contribution is -2.24. The van der Waals surface area contributed by atoms with E-state index < -0.39 is 5.91 Å². The molecule has 0 bridgehead atoms. The summed E-state index contributed by atoms with van der Waals surface area (Å²) in [5.41, 5.74) is 2.80. The zero-order chi connectivity index (χ0) is 17.6. The van der Waals surface area contributed by atoms with E-state index in [0.717, 1.165) is 0 Å². The monoisotopic (exact) mass is 379 g/mol. The highest BCUT2D eigenvalue weighted by Gasteiger charge is 2.16. The van der Waals surface area contributed by atoms with Gasteiger partial charge in [0.05, 0.1) is 29.3 Å². The van der Waals surface area contributed by atoms with Gasteiger partial charge >= 0.3 is 0 Å². The number of nitrogens with zero attached hydrogens (tertiary/aromatic N) is 2. The predicted octanol–water partition coefficient (Wildman–Crippen LogP) is 3.77. The highest BCUT2D eigenvalue weighted by atomic mass is 35.5. The summed E-state index contributed by atoms with van der Waals surface area (Å²) in [6, 6.07) is 8.15. The SMILES string of the molecule is O=C(COc1c(Cl)cc(Cl)cc1-c1ccno1)N/N=C\c1ccco1. The molecule has 0 aliphatic carbocycles. The van der Waals surface area contributed by atoms with Gasteiger partial charge in [0, 0.05) is 11.1 Å². The van der Waals surface area contributed by atoms with Crippen LogP contribution in [0.2, 0.25) is 10.0 Å². The van der Waals surface area contributed by atoms with Crippen molar-refractivity contribution in [3.8, 4) is 17.1 Å². The van der Waals surface area contributed by atoms with E-state index in [1.165, 1.54) is 24.7 Å². The molecule has 0 radical (unpaired) electrons. The van der Waals surface area contributed by atoms with E-state index >= 15 is 0 Å². The standard InChI is InChI=1S/C16H11Cl2N3O4/c17-10-6-12(14-3-4-20-25-14)16(13(18)7-10)24-9-15(22)21-19-8-11-2-1-5-23-11/h1-8H,9H2,(H,21,22)/b19-8-. The smallest absolute Gasteiger partial charge is 0.277 e. The van der Waals surface area contributed by atoms with E-state index in [-0.39, 0.29) is 17.4 Å². The van der Waals surface area contributed by atoms with Crippen LogP contribution < -0.4 is 10.2 Å². The molecule has 3 aromatic rings. The molecule has 2 heterocycles. The summed E-state index contributed by atoms with van der Waals surface area (Å²) in [5.74, 6) is 0.704. The summed E-state index contributed by atoms with van der Waals surface area (Å²) < 4.78 is 15.7. The third kappa shape index (κ3) is 4.40. The fourth-order valence-corrected chi connectivity index (χ4v) is 2.50. The highest BCUT2D eigenvalue weighted by molar-refractivity contribution is 6.36. The fraction of sp³-hybridized carbons (Fsp3) is 0.0625. The van der Waals surface area contributed by atoms with Crippen LogP contribution in [0.5, 0.6) is 5.75 Å². The molecular formula is C16H11Cl2N3O4. The first-order valence-corrected chi connectivity index (χ1v) is 7.77. The Bertz CT molecular complexity index is 877. The second kappa shape index (κ2) is 7.87. The number of hydrogen-bond acceptors (Lipinski definition) is 6. The molecule has 2 aromatic heterocycles. The van der Waals surface area contributed by atoms with Crippen LogP contribution in [0.1, 0.15) is 5.76 Å². The van der Waals surface area contributed by atoms with Crippen LogP contribution in [0.4, 0.5) is 0 Å². The summed E-state index contributed by atoms with van der Waals surface area (Å²) >= 11 is 12.2. The summed E-state index contributed by atoms with van der Waals surface area (Å²) in [7, 11) is 0. The number of rotatable bonds is 6. The van der Waals surface area contributed by atoms with Crippen molar-refractivity contribution in [1.82, 2.24) is 10.6 Å². The van der Waals surface area contributed by atoms with Crippen molar-refractivity contribution >= 4 is 35.3 Å². The second-order valence-corrected chi connectivity index (χ2v) is 5.58. The van der Waals surface area contributed by atoms with Crippen LogP contribution >= 0.6 is 23.2 Å². The third-order valence-electron chi connectivity index (χ3n) is 2.98. The van der Waals surface area contributed by atoms with E-state index in [9.17, 15) is 4.79 Å². The molecule has 0 aliphatic rings. The number of nitrogens with one attached hydrogen (secondary N) is 1. The molecule has 25 heavy (non-hydrogen) atoms. The zero-order valence-corrected chi connectivity index (χ0v) is 14.1. The van der Waals surface area contributed by atoms with Crippen LogP contribution in [0.15, 0.2) is 56.8 Å². The first-order chi connectivity index (χ1) is 12.1. The minimum absolute atomic E-state index is 0.241. The summed E-state index contributed by atoms with van der Waals surface area (Å²) in [5, 5.41) is 8.03. The van der Waals surface area contributed by atoms with Gasteiger partial charge in [-0.2, -0.15) is 5.10 Å². The molecule has 0 aliphatic heterocycles. The minimum atomic E-state index is -0.475. The molecule has 3 rings (SSSR count). The molecule has 128 valence electrons. The predicted molar refractivity (Wildman–Crippen MR) is 91.9 cm³/mol. The normalized spacial score (nSPS) is 11.0. The van der Waals surface area contributed by atoms with Gasteiger partial charge in [0.2, 0.25) is 0 Å². The first-order valence-electron chi connectivity index (χ1n) is 7.02. The largest absolute Gasteiger partial charge is 0.481 e. The lowest BCUT2D eigenvalue weighted by atomic mass is 10.1. The molecule has 0 atom stereocenters. The quantitative estimate of drug-likeness (QED) is 0.519. The van der Waals surface area contributed by atoms with E-state index in [0.29, 0.717) is 22.1 Å². The number of carbonyl (C=O) groups excluding carboxylic acids is 1. The Morgan fingerprint density at radius 1 is 1.36 bits per heavy atom. The van der Waals surface area contributed by atoms with Crippen molar-refractivity contribution in [2.24, 2.45) is 5.10 Å². The lowest BCUT2D eigenvalue weighted by molar-refractivity contribution is -0.123. The van der Waals surface area contributed by atoms with E-state index in [4.69, 9.17) is 36.9 Å². The maximum absolute atomic E-state index is 11.8. The van der Waals surface area contributed by atoms with Crippen LogP contribution in [-0.2, 0) is 4.79 Å². The third-order valence-corrected chi connectivity index (χ3v) is 3.48. The Morgan fingerprint density at radius 2 is 2.24 bits per heavy atom. The van der Waals surface area contributed by atoms with Crippen molar-refractivity contribution in [2.45, 2.75) is 0 Å². The molecule has 0 saturated heterocycles. The summed E-state index contributed by atoms with van der Waals surface area (Å²) in [4.78, 5) is 11.8. The Morgan fingerprint density at radius 3 is 2.96 bits per heavy atom. The second-order valence-electron chi connectivity index (χ2n) is 4.74. The van der Waals surface area contributed by atoms with Crippen LogP contribution in [0.25, 0.3) is 11.3 Å². The fourth-order valence-electron chi connectivity index (χ4n) is 1.95. The molecule has 1 aromatic carbocycles. The number of hydrogen-bond donors (Lipinski definition) is 1. The average Bonchev–Trinajstić information content (AvgIpc) is 3.27.